The van der Waals surface area contributed by atoms with Crippen molar-refractivity contribution in [2.24, 2.45) is 0 Å². The number of carbonyl (C=O) groups is 2. The number of carbonyl (C=O) groups excluding carboxylic acids is 2. The second-order valence-electron chi connectivity index (χ2n) is 2.95. The van der Waals surface area contributed by atoms with E-state index in [-0.39, 0.29) is 18.7 Å². The van der Waals surface area contributed by atoms with Crippen molar-refractivity contribution < 1.29 is 19.4 Å². The summed E-state index contributed by atoms with van der Waals surface area (Å²) in [4.78, 5) is 22.0. The predicted molar refractivity (Wildman–Crippen MR) is 54.0 cm³/mol. The number of hydrogen-bond acceptors (Lipinski definition) is 4. The lowest BCUT2D eigenvalue weighted by molar-refractivity contribution is -0.144. The molecule has 0 rings (SSSR count). The molecule has 1 unspecified atom stereocenters. The van der Waals surface area contributed by atoms with Gasteiger partial charge in [-0.15, -0.1) is 0 Å². The first-order valence-corrected chi connectivity index (χ1v) is 4.49. The van der Waals surface area contributed by atoms with Crippen molar-refractivity contribution in [3.63, 3.8) is 0 Å². The molecule has 0 fully saturated rings. The molecule has 0 aromatic heterocycles. The quantitative estimate of drug-likeness (QED) is 0.336. The van der Waals surface area contributed by atoms with Crippen LogP contribution in [0.25, 0.3) is 0 Å². The summed E-state index contributed by atoms with van der Waals surface area (Å²) in [5.74, 6) is -0.565. The third-order valence-corrected chi connectivity index (χ3v) is 1.36. The lowest BCUT2D eigenvalue weighted by atomic mass is 10.4. The van der Waals surface area contributed by atoms with Crippen molar-refractivity contribution in [2.75, 3.05) is 13.2 Å². The molecule has 0 radical (unpaired) electrons. The normalized spacial score (nSPS) is 11.4. The average Bonchev–Trinajstić information content (AvgIpc) is 2.14. The first-order chi connectivity index (χ1) is 6.97. The van der Waals surface area contributed by atoms with Crippen LogP contribution in [-0.2, 0) is 9.53 Å². The van der Waals surface area contributed by atoms with Gasteiger partial charge in [0.25, 0.3) is 0 Å². The molecule has 0 aromatic rings. The minimum absolute atomic E-state index is 0.145. The van der Waals surface area contributed by atoms with Crippen LogP contribution in [-0.4, -0.2) is 36.5 Å². The zero-order valence-corrected chi connectivity index (χ0v) is 8.87. The van der Waals surface area contributed by atoms with Gasteiger partial charge in [0.15, 0.2) is 6.23 Å². The maximum absolute atomic E-state index is 11.0. The molecule has 0 saturated heterocycles. The van der Waals surface area contributed by atoms with Crippen LogP contribution >= 0.6 is 0 Å². The molecule has 0 heterocycles. The number of urea groups is 1. The molecule has 0 bridgehead atoms. The van der Waals surface area contributed by atoms with Crippen LogP contribution in [0.15, 0.2) is 12.2 Å². The Labute approximate surface area is 88.3 Å². The molecular weight excluding hydrogens is 200 g/mol. The Morgan fingerprint density at radius 1 is 1.53 bits per heavy atom. The van der Waals surface area contributed by atoms with E-state index >= 15 is 0 Å². The Balaban J connectivity index is 3.82. The number of aliphatic hydroxyl groups is 1. The molecule has 2 amide bonds. The van der Waals surface area contributed by atoms with E-state index in [2.05, 4.69) is 17.2 Å². The van der Waals surface area contributed by atoms with E-state index in [1.54, 1.807) is 0 Å². The van der Waals surface area contributed by atoms with Crippen LogP contribution in [0.5, 0.6) is 0 Å². The predicted octanol–water partition coefficient (Wildman–Crippen LogP) is -0.257. The van der Waals surface area contributed by atoms with Crippen LogP contribution in [0.3, 0.4) is 0 Å². The van der Waals surface area contributed by atoms with E-state index in [1.165, 1.54) is 13.8 Å². The number of rotatable bonds is 5. The molecule has 6 heteroatoms. The zero-order valence-electron chi connectivity index (χ0n) is 8.87. The van der Waals surface area contributed by atoms with Gasteiger partial charge in [0.05, 0.1) is 6.61 Å². The monoisotopic (exact) mass is 216 g/mol. The topological polar surface area (TPSA) is 87.7 Å². The summed E-state index contributed by atoms with van der Waals surface area (Å²) < 4.78 is 4.79. The average molecular weight is 216 g/mol. The highest BCUT2D eigenvalue weighted by Crippen LogP contribution is 1.95. The van der Waals surface area contributed by atoms with E-state index in [0.29, 0.717) is 0 Å². The van der Waals surface area contributed by atoms with Gasteiger partial charge in [0.1, 0.15) is 0 Å². The van der Waals surface area contributed by atoms with Crippen LogP contribution < -0.4 is 10.6 Å². The van der Waals surface area contributed by atoms with E-state index in [4.69, 9.17) is 9.84 Å². The third kappa shape index (κ3) is 6.50. The summed E-state index contributed by atoms with van der Waals surface area (Å²) in [5.41, 5.74) is 0.263. The van der Waals surface area contributed by atoms with Gasteiger partial charge in [-0.25, -0.2) is 9.59 Å². The Morgan fingerprint density at radius 2 is 2.13 bits per heavy atom. The molecular formula is C9H16N2O4. The van der Waals surface area contributed by atoms with Gasteiger partial charge < -0.3 is 20.5 Å². The smallest absolute Gasteiger partial charge is 0.335 e. The summed E-state index contributed by atoms with van der Waals surface area (Å²) in [6.45, 7) is 6.43. The number of amides is 2. The fourth-order valence-corrected chi connectivity index (χ4v) is 0.696. The first kappa shape index (κ1) is 13.4. The summed E-state index contributed by atoms with van der Waals surface area (Å²) >= 11 is 0. The Bertz CT molecular complexity index is 252. The van der Waals surface area contributed by atoms with E-state index in [0.717, 1.165) is 0 Å². The molecule has 15 heavy (non-hydrogen) atoms. The molecule has 0 aliphatic carbocycles. The van der Waals surface area contributed by atoms with Crippen LogP contribution in [0.2, 0.25) is 0 Å². The SMILES string of the molecule is C=C(C)C(=O)OC(C)NC(=O)NCCO. The minimum atomic E-state index is -0.743. The molecule has 1 atom stereocenters. The molecule has 0 saturated carbocycles. The fourth-order valence-electron chi connectivity index (χ4n) is 0.696. The van der Waals surface area contributed by atoms with Gasteiger partial charge in [-0.1, -0.05) is 6.58 Å². The maximum atomic E-state index is 11.0. The Morgan fingerprint density at radius 3 is 2.60 bits per heavy atom. The second kappa shape index (κ2) is 6.83. The summed E-state index contributed by atoms with van der Waals surface area (Å²) in [7, 11) is 0. The van der Waals surface area contributed by atoms with Crippen molar-refractivity contribution in [3.05, 3.63) is 12.2 Å². The first-order valence-electron chi connectivity index (χ1n) is 4.49. The van der Waals surface area contributed by atoms with Gasteiger partial charge in [0.2, 0.25) is 0 Å². The molecule has 6 nitrogen and oxygen atoms in total. The molecule has 0 aromatic carbocycles. The molecule has 0 spiro atoms. The van der Waals surface area contributed by atoms with Gasteiger partial charge in [-0.3, -0.25) is 0 Å². The molecule has 0 aliphatic heterocycles. The number of aliphatic hydroxyl groups excluding tert-OH is 1. The third-order valence-electron chi connectivity index (χ3n) is 1.36. The Hall–Kier alpha value is -1.56. The van der Waals surface area contributed by atoms with Crippen molar-refractivity contribution in [1.82, 2.24) is 10.6 Å². The number of esters is 1. The Kier molecular flexibility index (Phi) is 6.12. The zero-order chi connectivity index (χ0) is 11.8. The van der Waals surface area contributed by atoms with E-state index in [9.17, 15) is 9.59 Å². The highest BCUT2D eigenvalue weighted by Gasteiger charge is 2.11. The highest BCUT2D eigenvalue weighted by atomic mass is 16.6. The minimum Gasteiger partial charge on any atom is -0.439 e. The number of nitrogens with one attached hydrogen (secondary N) is 2. The van der Waals surface area contributed by atoms with Gasteiger partial charge in [-0.2, -0.15) is 0 Å². The summed E-state index contributed by atoms with van der Waals surface area (Å²) in [6, 6.07) is -0.508. The summed E-state index contributed by atoms with van der Waals surface area (Å²) in [5, 5.41) is 13.1. The van der Waals surface area contributed by atoms with E-state index < -0.39 is 18.2 Å². The molecule has 0 aliphatic rings. The van der Waals surface area contributed by atoms with Gasteiger partial charge in [0, 0.05) is 12.1 Å². The van der Waals surface area contributed by atoms with E-state index in [1.807, 2.05) is 0 Å². The largest absolute Gasteiger partial charge is 0.439 e. The van der Waals surface area contributed by atoms with Crippen molar-refractivity contribution in [3.8, 4) is 0 Å². The fraction of sp³-hybridized carbons (Fsp3) is 0.556. The highest BCUT2D eigenvalue weighted by molar-refractivity contribution is 5.87. The van der Waals surface area contributed by atoms with Gasteiger partial charge in [-0.05, 0) is 13.8 Å². The van der Waals surface area contributed by atoms with Crippen molar-refractivity contribution in [2.45, 2.75) is 20.1 Å². The number of hydrogen-bond donors (Lipinski definition) is 3. The van der Waals surface area contributed by atoms with Crippen LogP contribution in [0.4, 0.5) is 4.79 Å². The van der Waals surface area contributed by atoms with Crippen molar-refractivity contribution >= 4 is 12.0 Å². The maximum Gasteiger partial charge on any atom is 0.335 e. The lowest BCUT2D eigenvalue weighted by Gasteiger charge is -2.15. The summed E-state index contributed by atoms with van der Waals surface area (Å²) in [6.07, 6.45) is -0.743. The van der Waals surface area contributed by atoms with Gasteiger partial charge >= 0.3 is 12.0 Å². The molecule has 3 N–H and O–H groups in total. The molecule has 86 valence electrons. The second-order valence-corrected chi connectivity index (χ2v) is 2.95. The standard InChI is InChI=1S/C9H16N2O4/c1-6(2)8(13)15-7(3)11-9(14)10-4-5-12/h7,12H,1,4-5H2,2-3H3,(H2,10,11,14). The van der Waals surface area contributed by atoms with Crippen LogP contribution in [0, 0.1) is 0 Å². The number of ether oxygens (including phenoxy) is 1. The lowest BCUT2D eigenvalue weighted by Crippen LogP contribution is -2.43. The van der Waals surface area contributed by atoms with Crippen LogP contribution in [0.1, 0.15) is 13.8 Å². The van der Waals surface area contributed by atoms with Crippen molar-refractivity contribution in [1.29, 1.82) is 0 Å².